The van der Waals surface area contributed by atoms with Gasteiger partial charge in [-0.2, -0.15) is 0 Å². The van der Waals surface area contributed by atoms with Gasteiger partial charge in [0.05, 0.1) is 9.93 Å². The Bertz CT molecular complexity index is 788. The molecule has 0 spiro atoms. The van der Waals surface area contributed by atoms with Crippen molar-refractivity contribution in [1.29, 1.82) is 0 Å². The zero-order chi connectivity index (χ0) is 15.5. The lowest BCUT2D eigenvalue weighted by Crippen LogP contribution is -2.17. The van der Waals surface area contributed by atoms with Gasteiger partial charge in [0.25, 0.3) is 5.91 Å². The van der Waals surface area contributed by atoms with Crippen LogP contribution in [-0.2, 0) is 4.79 Å². The molecule has 0 aliphatic carbocycles. The smallest absolute Gasteiger partial charge is 0.263 e. The number of hydrogen-bond acceptors (Lipinski definition) is 4. The molecule has 6 heteroatoms. The predicted molar refractivity (Wildman–Crippen MR) is 98.3 cm³/mol. The van der Waals surface area contributed by atoms with Gasteiger partial charge in [0.15, 0.2) is 0 Å². The number of halogens is 1. The number of hydrogen-bond donors (Lipinski definition) is 1. The van der Waals surface area contributed by atoms with Crippen LogP contribution in [0.5, 0.6) is 0 Å². The van der Waals surface area contributed by atoms with Gasteiger partial charge in [-0.1, -0.05) is 77.7 Å². The second-order valence-electron chi connectivity index (χ2n) is 4.42. The van der Waals surface area contributed by atoms with E-state index in [-0.39, 0.29) is 5.91 Å². The van der Waals surface area contributed by atoms with E-state index < -0.39 is 0 Å². The van der Waals surface area contributed by atoms with Crippen LogP contribution in [-0.4, -0.2) is 10.2 Å². The van der Waals surface area contributed by atoms with Gasteiger partial charge in [-0.05, 0) is 29.8 Å². The standard InChI is InChI=1S/C16H10ClNOS3/c17-11-6-2-4-8-13(11)21-12-7-3-1-5-10(12)9-14-15(19)18-16(20)22-14/h1-9H,(H,18,19,20). The number of nitrogens with one attached hydrogen (secondary N) is 1. The van der Waals surface area contributed by atoms with Crippen molar-refractivity contribution in [3.05, 3.63) is 64.0 Å². The molecule has 0 saturated carbocycles. The molecule has 0 radical (unpaired) electrons. The zero-order valence-corrected chi connectivity index (χ0v) is 14.4. The minimum Gasteiger partial charge on any atom is -0.307 e. The van der Waals surface area contributed by atoms with Crippen LogP contribution in [0.4, 0.5) is 0 Å². The zero-order valence-electron chi connectivity index (χ0n) is 11.2. The Balaban J connectivity index is 1.94. The van der Waals surface area contributed by atoms with Gasteiger partial charge in [0.2, 0.25) is 0 Å². The van der Waals surface area contributed by atoms with E-state index >= 15 is 0 Å². The monoisotopic (exact) mass is 363 g/mol. The van der Waals surface area contributed by atoms with Crippen LogP contribution in [0.1, 0.15) is 5.56 Å². The molecule has 0 atom stereocenters. The molecule has 3 rings (SSSR count). The third-order valence-electron chi connectivity index (χ3n) is 2.90. The summed E-state index contributed by atoms with van der Waals surface area (Å²) in [4.78, 5) is 14.4. The Morgan fingerprint density at radius 1 is 1.09 bits per heavy atom. The number of rotatable bonds is 3. The van der Waals surface area contributed by atoms with Crippen LogP contribution in [0, 0.1) is 0 Å². The number of carbonyl (C=O) groups excluding carboxylic acids is 1. The first-order valence-corrected chi connectivity index (χ1v) is 8.81. The molecule has 1 aliphatic heterocycles. The van der Waals surface area contributed by atoms with Crippen molar-refractivity contribution in [3.8, 4) is 0 Å². The molecule has 1 aliphatic rings. The maximum atomic E-state index is 11.8. The molecule has 1 amide bonds. The van der Waals surface area contributed by atoms with E-state index in [4.69, 9.17) is 23.8 Å². The van der Waals surface area contributed by atoms with Gasteiger partial charge in [-0.15, -0.1) is 0 Å². The van der Waals surface area contributed by atoms with E-state index in [9.17, 15) is 4.79 Å². The topological polar surface area (TPSA) is 29.1 Å². The van der Waals surface area contributed by atoms with E-state index in [0.29, 0.717) is 14.2 Å². The molecule has 1 N–H and O–H groups in total. The Kier molecular flexibility index (Phi) is 4.88. The molecule has 1 fully saturated rings. The van der Waals surface area contributed by atoms with Crippen molar-refractivity contribution in [2.75, 3.05) is 0 Å². The highest BCUT2D eigenvalue weighted by atomic mass is 35.5. The van der Waals surface area contributed by atoms with E-state index in [1.165, 1.54) is 11.8 Å². The average Bonchev–Trinajstić information content (AvgIpc) is 2.81. The third kappa shape index (κ3) is 3.55. The molecular weight excluding hydrogens is 354 g/mol. The van der Waals surface area contributed by atoms with Crippen LogP contribution >= 0.6 is 47.3 Å². The van der Waals surface area contributed by atoms with Crippen molar-refractivity contribution >= 4 is 63.6 Å². The first-order chi connectivity index (χ1) is 10.6. The van der Waals surface area contributed by atoms with Gasteiger partial charge in [0, 0.05) is 9.79 Å². The summed E-state index contributed by atoms with van der Waals surface area (Å²) in [6.07, 6.45) is 1.86. The number of thioether (sulfide) groups is 1. The Morgan fingerprint density at radius 2 is 1.77 bits per heavy atom. The average molecular weight is 364 g/mol. The first kappa shape index (κ1) is 15.6. The minimum absolute atomic E-state index is 0.146. The normalized spacial score (nSPS) is 16.1. The maximum Gasteiger partial charge on any atom is 0.263 e. The predicted octanol–water partition coefficient (Wildman–Crippen LogP) is 4.98. The third-order valence-corrected chi connectivity index (χ3v) is 5.68. The summed E-state index contributed by atoms with van der Waals surface area (Å²) < 4.78 is 0.493. The molecule has 0 unspecified atom stereocenters. The van der Waals surface area contributed by atoms with Crippen LogP contribution in [0.25, 0.3) is 6.08 Å². The van der Waals surface area contributed by atoms with Gasteiger partial charge in [0.1, 0.15) is 4.32 Å². The van der Waals surface area contributed by atoms with Gasteiger partial charge in [-0.3, -0.25) is 4.79 Å². The number of thiocarbonyl (C=S) groups is 1. The highest BCUT2D eigenvalue weighted by molar-refractivity contribution is 8.26. The van der Waals surface area contributed by atoms with E-state index in [0.717, 1.165) is 15.4 Å². The molecule has 0 bridgehead atoms. The number of amides is 1. The van der Waals surface area contributed by atoms with Crippen molar-refractivity contribution in [3.63, 3.8) is 0 Å². The molecule has 2 nitrogen and oxygen atoms in total. The van der Waals surface area contributed by atoms with E-state index in [1.54, 1.807) is 11.8 Å². The van der Waals surface area contributed by atoms with Crippen molar-refractivity contribution < 1.29 is 4.79 Å². The fourth-order valence-electron chi connectivity index (χ4n) is 1.90. The Hall–Kier alpha value is -1.27. The van der Waals surface area contributed by atoms with Gasteiger partial charge >= 0.3 is 0 Å². The van der Waals surface area contributed by atoms with Crippen LogP contribution in [0.3, 0.4) is 0 Å². The summed E-state index contributed by atoms with van der Waals surface area (Å²) in [5, 5.41) is 3.34. The van der Waals surface area contributed by atoms with Crippen LogP contribution in [0.15, 0.2) is 63.2 Å². The quantitative estimate of drug-likeness (QED) is 0.615. The highest BCUT2D eigenvalue weighted by Gasteiger charge is 2.22. The van der Waals surface area contributed by atoms with Crippen LogP contribution in [0.2, 0.25) is 5.02 Å². The molecular formula is C16H10ClNOS3. The van der Waals surface area contributed by atoms with E-state index in [2.05, 4.69) is 5.32 Å². The minimum atomic E-state index is -0.146. The molecule has 22 heavy (non-hydrogen) atoms. The van der Waals surface area contributed by atoms with Crippen molar-refractivity contribution in [2.45, 2.75) is 9.79 Å². The lowest BCUT2D eigenvalue weighted by atomic mass is 10.2. The van der Waals surface area contributed by atoms with Crippen LogP contribution < -0.4 is 5.32 Å². The van der Waals surface area contributed by atoms with E-state index in [1.807, 2.05) is 54.6 Å². The Labute approximate surface area is 147 Å². The van der Waals surface area contributed by atoms with Gasteiger partial charge in [-0.25, -0.2) is 0 Å². The SMILES string of the molecule is O=C1NC(=S)SC1=Cc1ccccc1Sc1ccccc1Cl. The second kappa shape index (κ2) is 6.87. The maximum absolute atomic E-state index is 11.8. The lowest BCUT2D eigenvalue weighted by Gasteiger charge is -2.07. The summed E-state index contributed by atoms with van der Waals surface area (Å²) >= 11 is 14.1. The summed E-state index contributed by atoms with van der Waals surface area (Å²) in [5.74, 6) is -0.146. The molecule has 2 aromatic rings. The highest BCUT2D eigenvalue weighted by Crippen LogP contribution is 2.36. The molecule has 0 aromatic heterocycles. The summed E-state index contributed by atoms with van der Waals surface area (Å²) in [7, 11) is 0. The Morgan fingerprint density at radius 3 is 2.45 bits per heavy atom. The summed E-state index contributed by atoms with van der Waals surface area (Å²) in [6.45, 7) is 0. The molecule has 110 valence electrons. The fourth-order valence-corrected chi connectivity index (χ4v) is 4.13. The number of benzene rings is 2. The fraction of sp³-hybridized carbons (Fsp3) is 0. The summed E-state index contributed by atoms with van der Waals surface area (Å²) in [5.41, 5.74) is 0.967. The van der Waals surface area contributed by atoms with Gasteiger partial charge < -0.3 is 5.32 Å². The van der Waals surface area contributed by atoms with Crippen molar-refractivity contribution in [1.82, 2.24) is 5.32 Å². The lowest BCUT2D eigenvalue weighted by molar-refractivity contribution is -0.115. The van der Waals surface area contributed by atoms with Crippen molar-refractivity contribution in [2.24, 2.45) is 0 Å². The second-order valence-corrected chi connectivity index (χ2v) is 7.63. The molecule has 2 aromatic carbocycles. The summed E-state index contributed by atoms with van der Waals surface area (Å²) in [6, 6.07) is 15.6. The largest absolute Gasteiger partial charge is 0.307 e. The number of carbonyl (C=O) groups is 1. The first-order valence-electron chi connectivity index (χ1n) is 6.40. The molecule has 1 saturated heterocycles. The molecule has 1 heterocycles.